The third-order valence-electron chi connectivity index (χ3n) is 5.00. The molecule has 146 valence electrons. The van der Waals surface area contributed by atoms with E-state index < -0.39 is 31.1 Å². The number of rotatable bonds is 2. The first-order chi connectivity index (χ1) is 10.8. The molecule has 1 amide bonds. The van der Waals surface area contributed by atoms with Crippen molar-refractivity contribution in [1.29, 1.82) is 0 Å². The fourth-order valence-corrected chi connectivity index (χ4v) is 4.55. The maximum Gasteiger partial charge on any atom is 0.410 e. The van der Waals surface area contributed by atoms with Crippen molar-refractivity contribution in [2.45, 2.75) is 64.9 Å². The van der Waals surface area contributed by atoms with Crippen LogP contribution in [0.2, 0.25) is 18.1 Å². The van der Waals surface area contributed by atoms with Crippen LogP contribution in [0.4, 0.5) is 4.79 Å². The van der Waals surface area contributed by atoms with Gasteiger partial charge in [0, 0.05) is 6.54 Å². The van der Waals surface area contributed by atoms with Crippen molar-refractivity contribution in [2.75, 3.05) is 19.8 Å². The molecule has 0 saturated carbocycles. The highest BCUT2D eigenvalue weighted by atomic mass is 32.2. The van der Waals surface area contributed by atoms with Crippen molar-refractivity contribution in [2.24, 2.45) is 0 Å². The van der Waals surface area contributed by atoms with Crippen molar-refractivity contribution in [1.82, 2.24) is 4.90 Å². The Morgan fingerprint density at radius 2 is 1.92 bits per heavy atom. The fraction of sp³-hybridized carbons (Fsp3) is 0.812. The number of carbonyl (C=O) groups is 1. The maximum atomic E-state index is 12.2. The highest BCUT2D eigenvalue weighted by Gasteiger charge is 2.45. The van der Waals surface area contributed by atoms with Crippen LogP contribution in [0.1, 0.15) is 34.6 Å². The minimum Gasteiger partial charge on any atom is -0.444 e. The van der Waals surface area contributed by atoms with Crippen LogP contribution < -0.4 is 0 Å². The normalized spacial score (nSPS) is 27.5. The molecule has 2 aliphatic rings. The number of amides is 1. The van der Waals surface area contributed by atoms with E-state index in [1.165, 1.54) is 4.90 Å². The van der Waals surface area contributed by atoms with Crippen molar-refractivity contribution in [3.63, 3.8) is 0 Å². The molecule has 2 saturated heterocycles. The van der Waals surface area contributed by atoms with Gasteiger partial charge in [-0.05, 0) is 24.6 Å². The van der Waals surface area contributed by atoms with Gasteiger partial charge in [-0.15, -0.1) is 0 Å². The number of hydrogen-bond donors (Lipinski definition) is 0. The third-order valence-corrected chi connectivity index (χ3v) is 10.8. The lowest BCUT2D eigenvalue weighted by Gasteiger charge is -2.38. The summed E-state index contributed by atoms with van der Waals surface area (Å²) in [5.41, 5.74) is 0. The summed E-state index contributed by atoms with van der Waals surface area (Å²) in [5, 5.41) is 0.0550. The van der Waals surface area contributed by atoms with Crippen molar-refractivity contribution >= 4 is 24.5 Å². The van der Waals surface area contributed by atoms with E-state index in [-0.39, 0.29) is 36.1 Å². The lowest BCUT2D eigenvalue weighted by atomic mass is 10.2. The molecular formula is C16H31NO6SSi. The second kappa shape index (κ2) is 7.38. The van der Waals surface area contributed by atoms with Gasteiger partial charge in [-0.25, -0.2) is 4.79 Å². The Balaban J connectivity index is 0.00000312. The molecule has 9 heteroatoms. The maximum absolute atomic E-state index is 12.2. The SMILES string of the molecule is C.C=C1COC(=O)N2C[C@H](O[Si](C)(C)C(C)(C)C)C[C@H]2COS1(=O)=O. The van der Waals surface area contributed by atoms with Crippen LogP contribution in [-0.4, -0.2) is 59.6 Å². The van der Waals surface area contributed by atoms with E-state index in [0.29, 0.717) is 13.0 Å². The molecule has 0 aromatic rings. The lowest BCUT2D eigenvalue weighted by Crippen LogP contribution is -2.45. The van der Waals surface area contributed by atoms with Crippen LogP contribution in [0.3, 0.4) is 0 Å². The molecule has 0 bridgehead atoms. The Morgan fingerprint density at radius 3 is 2.48 bits per heavy atom. The van der Waals surface area contributed by atoms with Gasteiger partial charge < -0.3 is 14.1 Å². The van der Waals surface area contributed by atoms with Crippen LogP contribution >= 0.6 is 0 Å². The molecule has 0 aromatic heterocycles. The first kappa shape index (κ1) is 22.1. The smallest absolute Gasteiger partial charge is 0.410 e. The second-order valence-corrected chi connectivity index (χ2v) is 14.4. The Morgan fingerprint density at radius 1 is 1.32 bits per heavy atom. The minimum absolute atomic E-state index is 0. The quantitative estimate of drug-likeness (QED) is 0.530. The van der Waals surface area contributed by atoms with Gasteiger partial charge in [0.2, 0.25) is 0 Å². The van der Waals surface area contributed by atoms with E-state index in [1.54, 1.807) is 0 Å². The standard InChI is InChI=1S/C15H27NO6SSi.CH4/c1-11-9-20-14(17)16-8-13(22-24(5,6)15(2,3)4)7-12(16)10-21-23(11,18)19;/h12-13H,1,7-10H2,2-6H3;1H4/t12-,13+;/m0./s1. The van der Waals surface area contributed by atoms with Crippen LogP contribution in [0.15, 0.2) is 11.5 Å². The molecular weight excluding hydrogens is 362 g/mol. The molecule has 0 aliphatic carbocycles. The summed E-state index contributed by atoms with van der Waals surface area (Å²) in [4.78, 5) is 13.5. The zero-order valence-corrected chi connectivity index (χ0v) is 16.8. The average Bonchev–Trinajstić information content (AvgIpc) is 2.83. The summed E-state index contributed by atoms with van der Waals surface area (Å²) >= 11 is 0. The highest BCUT2D eigenvalue weighted by Crippen LogP contribution is 2.39. The molecule has 0 spiro atoms. The highest BCUT2D eigenvalue weighted by molar-refractivity contribution is 7.90. The van der Waals surface area contributed by atoms with Gasteiger partial charge in [0.25, 0.3) is 10.1 Å². The number of cyclic esters (lactones) is 1. The molecule has 25 heavy (non-hydrogen) atoms. The van der Waals surface area contributed by atoms with Gasteiger partial charge in [-0.3, -0.25) is 4.18 Å². The van der Waals surface area contributed by atoms with E-state index in [1.807, 2.05) is 0 Å². The third kappa shape index (κ3) is 4.84. The van der Waals surface area contributed by atoms with Crippen LogP contribution in [-0.2, 0) is 23.5 Å². The van der Waals surface area contributed by atoms with Crippen LogP contribution in [0.25, 0.3) is 0 Å². The summed E-state index contributed by atoms with van der Waals surface area (Å²) in [6.45, 7) is 14.0. The van der Waals surface area contributed by atoms with Crippen LogP contribution in [0, 0.1) is 0 Å². The molecule has 0 unspecified atom stereocenters. The summed E-state index contributed by atoms with van der Waals surface area (Å²) in [6, 6.07) is -0.382. The Labute approximate surface area is 152 Å². The Kier molecular flexibility index (Phi) is 6.53. The molecule has 0 radical (unpaired) electrons. The minimum atomic E-state index is -3.91. The molecule has 2 heterocycles. The second-order valence-electron chi connectivity index (χ2n) is 7.87. The first-order valence-electron chi connectivity index (χ1n) is 8.02. The number of hydrogen-bond acceptors (Lipinski definition) is 6. The Hall–Kier alpha value is -0.903. The number of fused-ring (bicyclic) bond motifs is 1. The van der Waals surface area contributed by atoms with E-state index in [4.69, 9.17) is 13.3 Å². The number of nitrogens with zero attached hydrogens (tertiary/aromatic N) is 1. The van der Waals surface area contributed by atoms with Gasteiger partial charge in [0.15, 0.2) is 8.32 Å². The van der Waals surface area contributed by atoms with Gasteiger partial charge >= 0.3 is 6.09 Å². The van der Waals surface area contributed by atoms with Crippen molar-refractivity contribution in [3.05, 3.63) is 11.5 Å². The molecule has 2 aliphatic heterocycles. The number of carbonyl (C=O) groups excluding carboxylic acids is 1. The summed E-state index contributed by atoms with van der Waals surface area (Å²) in [5.74, 6) is 0. The van der Waals surface area contributed by atoms with E-state index in [2.05, 4.69) is 40.4 Å². The summed E-state index contributed by atoms with van der Waals surface area (Å²) in [6.07, 6.45) is -0.163. The molecule has 2 rings (SSSR count). The predicted molar refractivity (Wildman–Crippen MR) is 99.3 cm³/mol. The molecule has 2 atom stereocenters. The van der Waals surface area contributed by atoms with E-state index in [0.717, 1.165) is 0 Å². The molecule has 0 N–H and O–H groups in total. The molecule has 7 nitrogen and oxygen atoms in total. The van der Waals surface area contributed by atoms with Gasteiger partial charge in [-0.1, -0.05) is 34.8 Å². The lowest BCUT2D eigenvalue weighted by molar-refractivity contribution is 0.0973. The number of ether oxygens (including phenoxy) is 1. The van der Waals surface area contributed by atoms with Crippen molar-refractivity contribution in [3.8, 4) is 0 Å². The first-order valence-corrected chi connectivity index (χ1v) is 12.3. The summed E-state index contributed by atoms with van der Waals surface area (Å²) in [7, 11) is -5.90. The zero-order valence-electron chi connectivity index (χ0n) is 15.0. The summed E-state index contributed by atoms with van der Waals surface area (Å²) < 4.78 is 40.2. The largest absolute Gasteiger partial charge is 0.444 e. The van der Waals surface area contributed by atoms with Gasteiger partial charge in [0.05, 0.1) is 18.8 Å². The Bertz CT molecular complexity index is 625. The van der Waals surface area contributed by atoms with E-state index >= 15 is 0 Å². The molecule has 2 fully saturated rings. The van der Waals surface area contributed by atoms with Gasteiger partial charge in [-0.2, -0.15) is 8.42 Å². The fourth-order valence-electron chi connectivity index (χ4n) is 2.48. The van der Waals surface area contributed by atoms with Gasteiger partial charge in [0.1, 0.15) is 11.5 Å². The zero-order chi connectivity index (χ0) is 18.3. The van der Waals surface area contributed by atoms with E-state index in [9.17, 15) is 13.2 Å². The van der Waals surface area contributed by atoms with Crippen LogP contribution in [0.5, 0.6) is 0 Å². The predicted octanol–water partition coefficient (Wildman–Crippen LogP) is 3.10. The average molecular weight is 394 g/mol. The molecule has 0 aromatic carbocycles. The topological polar surface area (TPSA) is 82.1 Å². The van der Waals surface area contributed by atoms with Crippen molar-refractivity contribution < 1.29 is 26.6 Å². The monoisotopic (exact) mass is 393 g/mol.